The van der Waals surface area contributed by atoms with Gasteiger partial charge in [-0.05, 0) is 54.5 Å². The molecule has 0 saturated heterocycles. The minimum atomic E-state index is -0.939. The van der Waals surface area contributed by atoms with Crippen molar-refractivity contribution in [2.75, 3.05) is 0 Å². The number of rotatable bonds is 4. The van der Waals surface area contributed by atoms with Crippen molar-refractivity contribution in [2.45, 2.75) is 50.7 Å². The van der Waals surface area contributed by atoms with Gasteiger partial charge in [0.15, 0.2) is 6.10 Å². The maximum absolute atomic E-state index is 12.3. The van der Waals surface area contributed by atoms with Gasteiger partial charge in [0.05, 0.1) is 11.6 Å². The van der Waals surface area contributed by atoms with Gasteiger partial charge in [-0.1, -0.05) is 31.4 Å². The van der Waals surface area contributed by atoms with E-state index in [9.17, 15) is 14.9 Å². The van der Waals surface area contributed by atoms with Crippen LogP contribution in [0.5, 0.6) is 0 Å². The molecule has 122 valence electrons. The monoisotopic (exact) mass is 426 g/mol. The molecule has 1 fully saturated rings. The predicted octanol–water partition coefficient (Wildman–Crippen LogP) is 3.18. The molecule has 0 aromatic heterocycles. The lowest BCUT2D eigenvalue weighted by Gasteiger charge is -2.32. The standard InChI is InChI=1S/C17H19IN2O3/c1-12(23-16(22)13-7-3-4-8-14(13)18)15(21)20-17(11-19)9-5-2-6-10-17/h3-4,7-8,12H,2,5-6,9-10H2,1H3,(H,20,21). The van der Waals surface area contributed by atoms with Crippen molar-refractivity contribution in [3.05, 3.63) is 33.4 Å². The topological polar surface area (TPSA) is 79.2 Å². The highest BCUT2D eigenvalue weighted by Gasteiger charge is 2.35. The van der Waals surface area contributed by atoms with E-state index in [0.29, 0.717) is 18.4 Å². The molecule has 1 unspecified atom stereocenters. The van der Waals surface area contributed by atoms with Gasteiger partial charge in [-0.2, -0.15) is 5.26 Å². The minimum absolute atomic E-state index is 0.423. The fourth-order valence-corrected chi connectivity index (χ4v) is 3.27. The molecule has 23 heavy (non-hydrogen) atoms. The Hall–Kier alpha value is -1.62. The number of amides is 1. The summed E-state index contributed by atoms with van der Waals surface area (Å²) in [5.41, 5.74) is -0.391. The molecule has 1 aromatic carbocycles. The van der Waals surface area contributed by atoms with Gasteiger partial charge in [-0.15, -0.1) is 0 Å². The van der Waals surface area contributed by atoms with Crippen molar-refractivity contribution in [1.82, 2.24) is 5.32 Å². The third-order valence-electron chi connectivity index (χ3n) is 4.03. The lowest BCUT2D eigenvalue weighted by Crippen LogP contribution is -2.52. The smallest absolute Gasteiger partial charge is 0.339 e. The van der Waals surface area contributed by atoms with Crippen molar-refractivity contribution in [3.63, 3.8) is 0 Å². The summed E-state index contributed by atoms with van der Waals surface area (Å²) in [6, 6.07) is 9.26. The highest BCUT2D eigenvalue weighted by molar-refractivity contribution is 14.1. The van der Waals surface area contributed by atoms with Gasteiger partial charge in [-0.25, -0.2) is 4.79 Å². The number of carbonyl (C=O) groups excluding carboxylic acids is 2. The third kappa shape index (κ3) is 4.44. The van der Waals surface area contributed by atoms with Gasteiger partial charge in [0.25, 0.3) is 5.91 Å². The Labute approximate surface area is 149 Å². The molecule has 0 heterocycles. The molecule has 1 N–H and O–H groups in total. The highest BCUT2D eigenvalue weighted by Crippen LogP contribution is 2.27. The molecule has 0 bridgehead atoms. The molecule has 1 aromatic rings. The largest absolute Gasteiger partial charge is 0.449 e. The minimum Gasteiger partial charge on any atom is -0.449 e. The lowest BCUT2D eigenvalue weighted by atomic mass is 9.83. The zero-order valence-electron chi connectivity index (χ0n) is 13.0. The summed E-state index contributed by atoms with van der Waals surface area (Å²) in [4.78, 5) is 24.4. The Morgan fingerprint density at radius 3 is 2.57 bits per heavy atom. The first-order chi connectivity index (χ1) is 11.0. The van der Waals surface area contributed by atoms with Crippen LogP contribution in [0, 0.1) is 14.9 Å². The van der Waals surface area contributed by atoms with E-state index in [4.69, 9.17) is 4.74 Å². The Bertz CT molecular complexity index is 633. The van der Waals surface area contributed by atoms with Crippen LogP contribution in [0.1, 0.15) is 49.4 Å². The maximum atomic E-state index is 12.3. The summed E-state index contributed by atoms with van der Waals surface area (Å²) in [6.45, 7) is 1.52. The molecule has 1 amide bonds. The van der Waals surface area contributed by atoms with Crippen LogP contribution in [-0.2, 0) is 9.53 Å². The molecule has 0 radical (unpaired) electrons. The summed E-state index contributed by atoms with van der Waals surface area (Å²) in [5.74, 6) is -0.958. The summed E-state index contributed by atoms with van der Waals surface area (Å²) in [7, 11) is 0. The number of esters is 1. The van der Waals surface area contributed by atoms with Gasteiger partial charge < -0.3 is 10.1 Å². The molecule has 1 saturated carbocycles. The van der Waals surface area contributed by atoms with Crippen LogP contribution in [0.25, 0.3) is 0 Å². The Morgan fingerprint density at radius 2 is 1.96 bits per heavy atom. The first kappa shape index (κ1) is 17.7. The maximum Gasteiger partial charge on any atom is 0.339 e. The van der Waals surface area contributed by atoms with E-state index in [1.54, 1.807) is 18.2 Å². The Morgan fingerprint density at radius 1 is 1.30 bits per heavy atom. The van der Waals surface area contributed by atoms with Crippen LogP contribution in [0.3, 0.4) is 0 Å². The van der Waals surface area contributed by atoms with Crippen molar-refractivity contribution >= 4 is 34.5 Å². The van der Waals surface area contributed by atoms with Crippen molar-refractivity contribution in [2.24, 2.45) is 0 Å². The fourth-order valence-electron chi connectivity index (χ4n) is 2.66. The normalized spacial score (nSPS) is 17.6. The second-order valence-electron chi connectivity index (χ2n) is 5.77. The Balaban J connectivity index is 1.99. The summed E-state index contributed by atoms with van der Waals surface area (Å²) in [6.07, 6.45) is 3.27. The summed E-state index contributed by atoms with van der Waals surface area (Å²) >= 11 is 2.05. The summed E-state index contributed by atoms with van der Waals surface area (Å²) in [5, 5.41) is 12.2. The van der Waals surface area contributed by atoms with Crippen LogP contribution in [0.4, 0.5) is 0 Å². The second kappa shape index (κ2) is 7.77. The van der Waals surface area contributed by atoms with E-state index in [1.165, 1.54) is 6.92 Å². The molecule has 6 heteroatoms. The number of carbonyl (C=O) groups is 2. The first-order valence-corrected chi connectivity index (χ1v) is 8.74. The predicted molar refractivity (Wildman–Crippen MR) is 93.6 cm³/mol. The quantitative estimate of drug-likeness (QED) is 0.593. The molecular weight excluding hydrogens is 407 g/mol. The zero-order chi connectivity index (χ0) is 16.9. The Kier molecular flexibility index (Phi) is 5.99. The molecular formula is C17H19IN2O3. The molecule has 1 aliphatic carbocycles. The van der Waals surface area contributed by atoms with Crippen LogP contribution in [0.2, 0.25) is 0 Å². The third-order valence-corrected chi connectivity index (χ3v) is 4.97. The van der Waals surface area contributed by atoms with Crippen molar-refractivity contribution in [3.8, 4) is 6.07 Å². The second-order valence-corrected chi connectivity index (χ2v) is 6.93. The van der Waals surface area contributed by atoms with Gasteiger partial charge in [0, 0.05) is 3.57 Å². The van der Waals surface area contributed by atoms with E-state index >= 15 is 0 Å². The van der Waals surface area contributed by atoms with E-state index in [0.717, 1.165) is 22.8 Å². The number of nitrogens with one attached hydrogen (secondary N) is 1. The van der Waals surface area contributed by atoms with Crippen LogP contribution >= 0.6 is 22.6 Å². The SMILES string of the molecule is CC(OC(=O)c1ccccc1I)C(=O)NC1(C#N)CCCCC1. The van der Waals surface area contributed by atoms with Gasteiger partial charge in [0.2, 0.25) is 0 Å². The number of hydrogen-bond donors (Lipinski definition) is 1. The molecule has 2 rings (SSSR count). The fraction of sp³-hybridized carbons (Fsp3) is 0.471. The van der Waals surface area contributed by atoms with E-state index < -0.39 is 23.5 Å². The van der Waals surface area contributed by atoms with Gasteiger partial charge in [0.1, 0.15) is 5.54 Å². The van der Waals surface area contributed by atoms with E-state index in [1.807, 2.05) is 28.7 Å². The lowest BCUT2D eigenvalue weighted by molar-refractivity contribution is -0.130. The number of nitrogens with zero attached hydrogens (tertiary/aromatic N) is 1. The summed E-state index contributed by atoms with van der Waals surface area (Å²) < 4.78 is 6.01. The highest BCUT2D eigenvalue weighted by atomic mass is 127. The first-order valence-electron chi connectivity index (χ1n) is 7.66. The number of ether oxygens (including phenoxy) is 1. The van der Waals surface area contributed by atoms with E-state index in [-0.39, 0.29) is 0 Å². The average Bonchev–Trinajstić information content (AvgIpc) is 2.55. The van der Waals surface area contributed by atoms with Crippen LogP contribution in [-0.4, -0.2) is 23.5 Å². The molecule has 5 nitrogen and oxygen atoms in total. The average molecular weight is 426 g/mol. The number of hydrogen-bond acceptors (Lipinski definition) is 4. The van der Waals surface area contributed by atoms with Crippen LogP contribution < -0.4 is 5.32 Å². The van der Waals surface area contributed by atoms with Crippen LogP contribution in [0.15, 0.2) is 24.3 Å². The molecule has 1 atom stereocenters. The number of nitriles is 1. The van der Waals surface area contributed by atoms with E-state index in [2.05, 4.69) is 11.4 Å². The van der Waals surface area contributed by atoms with Gasteiger partial charge in [-0.3, -0.25) is 4.79 Å². The number of benzene rings is 1. The van der Waals surface area contributed by atoms with Crippen molar-refractivity contribution in [1.29, 1.82) is 5.26 Å². The zero-order valence-corrected chi connectivity index (χ0v) is 15.1. The number of halogens is 1. The molecule has 0 aliphatic heterocycles. The van der Waals surface area contributed by atoms with Crippen molar-refractivity contribution < 1.29 is 14.3 Å². The molecule has 0 spiro atoms. The van der Waals surface area contributed by atoms with Gasteiger partial charge >= 0.3 is 5.97 Å². The molecule has 1 aliphatic rings.